The molecule has 1 amide bonds. The summed E-state index contributed by atoms with van der Waals surface area (Å²) in [5.41, 5.74) is 0.941. The number of fused-ring (bicyclic) bond motifs is 1. The number of hydrogen-bond donors (Lipinski definition) is 2. The molecule has 28 heavy (non-hydrogen) atoms. The summed E-state index contributed by atoms with van der Waals surface area (Å²) in [5.74, 6) is -0.302. The molecule has 1 aliphatic heterocycles. The number of amides is 1. The van der Waals surface area contributed by atoms with E-state index in [0.29, 0.717) is 12.6 Å². The Bertz CT molecular complexity index is 953. The van der Waals surface area contributed by atoms with Crippen LogP contribution < -0.4 is 16.6 Å². The predicted octanol–water partition coefficient (Wildman–Crippen LogP) is 0.198. The summed E-state index contributed by atoms with van der Waals surface area (Å²) >= 11 is 0. The fourth-order valence-electron chi connectivity index (χ4n) is 4.16. The summed E-state index contributed by atoms with van der Waals surface area (Å²) in [7, 11) is 0. The maximum atomic E-state index is 12.1. The molecule has 9 heteroatoms. The van der Waals surface area contributed by atoms with Gasteiger partial charge in [-0.2, -0.15) is 5.10 Å². The molecule has 0 aromatic carbocycles. The van der Waals surface area contributed by atoms with Crippen molar-refractivity contribution < 1.29 is 4.79 Å². The average Bonchev–Trinajstić information content (AvgIpc) is 3.11. The number of carbonyl (C=O) groups excluding carboxylic acids is 1. The third-order valence-corrected chi connectivity index (χ3v) is 5.65. The van der Waals surface area contributed by atoms with Gasteiger partial charge in [-0.15, -0.1) is 0 Å². The van der Waals surface area contributed by atoms with Gasteiger partial charge in [0, 0.05) is 31.4 Å². The van der Waals surface area contributed by atoms with Crippen molar-refractivity contribution in [3.05, 3.63) is 50.6 Å². The van der Waals surface area contributed by atoms with Gasteiger partial charge in [0.15, 0.2) is 0 Å². The number of hydrogen-bond acceptors (Lipinski definition) is 5. The van der Waals surface area contributed by atoms with E-state index in [2.05, 4.69) is 26.4 Å². The molecule has 2 aromatic rings. The standard InChI is InChI=1S/C19H26N6O3/c26-17-6-7-24(19(28)21-17)13-18(27)20-11-14-10-16-12-23(8-9-25(16)22-14)15-4-2-1-3-5-15/h6-7,10,15H,1-5,8-9,11-13H2,(H,20,27)(H,21,26,28). The molecule has 0 saturated heterocycles. The molecule has 1 aliphatic carbocycles. The smallest absolute Gasteiger partial charge is 0.328 e. The molecule has 3 heterocycles. The fourth-order valence-corrected chi connectivity index (χ4v) is 4.16. The molecule has 2 aliphatic rings. The van der Waals surface area contributed by atoms with Gasteiger partial charge in [0.05, 0.1) is 24.5 Å². The highest BCUT2D eigenvalue weighted by Crippen LogP contribution is 2.26. The first-order valence-corrected chi connectivity index (χ1v) is 9.94. The quantitative estimate of drug-likeness (QED) is 0.764. The van der Waals surface area contributed by atoms with Gasteiger partial charge < -0.3 is 5.32 Å². The van der Waals surface area contributed by atoms with Crippen LogP contribution in [0.15, 0.2) is 27.9 Å². The molecule has 0 unspecified atom stereocenters. The third-order valence-electron chi connectivity index (χ3n) is 5.65. The van der Waals surface area contributed by atoms with Crippen molar-refractivity contribution in [1.82, 2.24) is 29.5 Å². The highest BCUT2D eigenvalue weighted by atomic mass is 16.2. The highest BCUT2D eigenvalue weighted by molar-refractivity contribution is 5.75. The Morgan fingerprint density at radius 1 is 1.21 bits per heavy atom. The Morgan fingerprint density at radius 3 is 2.82 bits per heavy atom. The van der Waals surface area contributed by atoms with Crippen LogP contribution in [0, 0.1) is 0 Å². The van der Waals surface area contributed by atoms with Gasteiger partial charge in [-0.05, 0) is 18.9 Å². The van der Waals surface area contributed by atoms with E-state index in [0.717, 1.165) is 29.9 Å². The van der Waals surface area contributed by atoms with Crippen LogP contribution in [-0.4, -0.2) is 42.7 Å². The van der Waals surface area contributed by atoms with Crippen LogP contribution in [-0.2, 0) is 31.0 Å². The first-order chi connectivity index (χ1) is 13.6. The summed E-state index contributed by atoms with van der Waals surface area (Å²) in [6.07, 6.45) is 7.92. The molecule has 2 aromatic heterocycles. The number of H-pyrrole nitrogens is 1. The molecule has 1 saturated carbocycles. The average molecular weight is 386 g/mol. The second-order valence-electron chi connectivity index (χ2n) is 7.63. The first-order valence-electron chi connectivity index (χ1n) is 9.94. The summed E-state index contributed by atoms with van der Waals surface area (Å²) in [6.45, 7) is 3.00. The lowest BCUT2D eigenvalue weighted by Gasteiger charge is -2.36. The van der Waals surface area contributed by atoms with Crippen molar-refractivity contribution in [3.63, 3.8) is 0 Å². The molecule has 2 N–H and O–H groups in total. The van der Waals surface area contributed by atoms with E-state index >= 15 is 0 Å². The Balaban J connectivity index is 1.32. The van der Waals surface area contributed by atoms with Gasteiger partial charge in [0.25, 0.3) is 5.56 Å². The lowest BCUT2D eigenvalue weighted by Crippen LogP contribution is -2.42. The summed E-state index contributed by atoms with van der Waals surface area (Å²) in [5, 5.41) is 7.39. The van der Waals surface area contributed by atoms with Crippen LogP contribution in [0.5, 0.6) is 0 Å². The lowest BCUT2D eigenvalue weighted by molar-refractivity contribution is -0.121. The van der Waals surface area contributed by atoms with Crippen molar-refractivity contribution >= 4 is 5.91 Å². The van der Waals surface area contributed by atoms with Crippen LogP contribution in [0.3, 0.4) is 0 Å². The Labute approximate surface area is 162 Å². The molecule has 9 nitrogen and oxygen atoms in total. The fraction of sp³-hybridized carbons (Fsp3) is 0.579. The topological polar surface area (TPSA) is 105 Å². The molecule has 1 fully saturated rings. The van der Waals surface area contributed by atoms with Crippen molar-refractivity contribution in [2.75, 3.05) is 6.54 Å². The van der Waals surface area contributed by atoms with Gasteiger partial charge in [-0.1, -0.05) is 19.3 Å². The molecule has 0 atom stereocenters. The van der Waals surface area contributed by atoms with Crippen LogP contribution in [0.25, 0.3) is 0 Å². The molecule has 4 rings (SSSR count). The Morgan fingerprint density at radius 2 is 2.04 bits per heavy atom. The van der Waals surface area contributed by atoms with Crippen molar-refractivity contribution in [3.8, 4) is 0 Å². The maximum absolute atomic E-state index is 12.1. The minimum atomic E-state index is -0.595. The van der Waals surface area contributed by atoms with Gasteiger partial charge in [-0.3, -0.25) is 28.7 Å². The van der Waals surface area contributed by atoms with E-state index in [4.69, 9.17) is 0 Å². The first kappa shape index (κ1) is 18.7. The second kappa shape index (κ2) is 8.14. The van der Waals surface area contributed by atoms with Crippen LogP contribution in [0.2, 0.25) is 0 Å². The monoisotopic (exact) mass is 386 g/mol. The SMILES string of the molecule is O=C(Cn1ccc(=O)[nH]c1=O)NCc1cc2n(n1)CCN(C1CCCCC1)C2. The number of nitrogens with zero attached hydrogens (tertiary/aromatic N) is 4. The highest BCUT2D eigenvalue weighted by Gasteiger charge is 2.25. The van der Waals surface area contributed by atoms with Crippen LogP contribution in [0.4, 0.5) is 0 Å². The van der Waals surface area contributed by atoms with Gasteiger partial charge in [0.2, 0.25) is 5.91 Å². The summed E-state index contributed by atoms with van der Waals surface area (Å²) in [6, 6.07) is 3.97. The van der Waals surface area contributed by atoms with Gasteiger partial charge in [0.1, 0.15) is 6.54 Å². The molecule has 0 radical (unpaired) electrons. The van der Waals surface area contributed by atoms with Gasteiger partial charge >= 0.3 is 5.69 Å². The normalized spacial score (nSPS) is 18.0. The molecule has 0 bridgehead atoms. The predicted molar refractivity (Wildman–Crippen MR) is 103 cm³/mol. The number of carbonyl (C=O) groups is 1. The van der Waals surface area contributed by atoms with E-state index in [9.17, 15) is 14.4 Å². The van der Waals surface area contributed by atoms with E-state index < -0.39 is 11.2 Å². The van der Waals surface area contributed by atoms with E-state index in [1.807, 2.05) is 4.68 Å². The minimum absolute atomic E-state index is 0.140. The second-order valence-corrected chi connectivity index (χ2v) is 7.63. The van der Waals surface area contributed by atoms with E-state index in [1.165, 1.54) is 50.1 Å². The molecular formula is C19H26N6O3. The zero-order valence-corrected chi connectivity index (χ0v) is 15.9. The van der Waals surface area contributed by atoms with Crippen molar-refractivity contribution in [2.24, 2.45) is 0 Å². The number of aromatic nitrogens is 4. The van der Waals surface area contributed by atoms with E-state index in [-0.39, 0.29) is 12.5 Å². The zero-order valence-electron chi connectivity index (χ0n) is 15.9. The molecular weight excluding hydrogens is 360 g/mol. The molecule has 0 spiro atoms. The third kappa shape index (κ3) is 4.24. The zero-order chi connectivity index (χ0) is 19.5. The van der Waals surface area contributed by atoms with Crippen LogP contribution in [0.1, 0.15) is 43.5 Å². The van der Waals surface area contributed by atoms with E-state index in [1.54, 1.807) is 0 Å². The molecule has 150 valence electrons. The maximum Gasteiger partial charge on any atom is 0.328 e. The van der Waals surface area contributed by atoms with Crippen molar-refractivity contribution in [1.29, 1.82) is 0 Å². The lowest BCUT2D eigenvalue weighted by atomic mass is 9.94. The number of rotatable bonds is 5. The van der Waals surface area contributed by atoms with Gasteiger partial charge in [-0.25, -0.2) is 4.79 Å². The summed E-state index contributed by atoms with van der Waals surface area (Å²) < 4.78 is 3.20. The van der Waals surface area contributed by atoms with Crippen molar-refractivity contribution in [2.45, 2.75) is 64.3 Å². The number of aromatic amines is 1. The Kier molecular flexibility index (Phi) is 5.43. The summed E-state index contributed by atoms with van der Waals surface area (Å²) in [4.78, 5) is 39.5. The number of nitrogens with one attached hydrogen (secondary N) is 2. The minimum Gasteiger partial charge on any atom is -0.349 e. The van der Waals surface area contributed by atoms with Crippen LogP contribution >= 0.6 is 0 Å². The Hall–Kier alpha value is -2.68. The largest absolute Gasteiger partial charge is 0.349 e.